The zero-order valence-corrected chi connectivity index (χ0v) is 11.4. The van der Waals surface area contributed by atoms with Crippen LogP contribution in [0.3, 0.4) is 0 Å². The number of rotatable bonds is 2. The molecule has 1 saturated heterocycles. The number of likely N-dealkylation sites (tertiary alicyclic amines) is 1. The summed E-state index contributed by atoms with van der Waals surface area (Å²) in [5.41, 5.74) is 6.39. The molecule has 0 aliphatic carbocycles. The highest BCUT2D eigenvalue weighted by molar-refractivity contribution is 6.33. The van der Waals surface area contributed by atoms with Crippen molar-refractivity contribution >= 4 is 17.5 Å². The molecule has 4 heteroatoms. The maximum atomic E-state index is 12.5. The number of benzene rings is 1. The third-order valence-electron chi connectivity index (χ3n) is 3.72. The van der Waals surface area contributed by atoms with Gasteiger partial charge in [0.15, 0.2) is 0 Å². The third kappa shape index (κ3) is 2.52. The molecule has 1 aromatic carbocycles. The van der Waals surface area contributed by atoms with E-state index in [9.17, 15) is 4.79 Å². The van der Waals surface area contributed by atoms with E-state index >= 15 is 0 Å². The van der Waals surface area contributed by atoms with Gasteiger partial charge in [-0.3, -0.25) is 4.79 Å². The number of nitrogens with two attached hydrogens (primary N) is 1. The molecule has 1 aliphatic heterocycles. The van der Waals surface area contributed by atoms with E-state index in [2.05, 4.69) is 6.92 Å². The molecule has 0 saturated carbocycles. The van der Waals surface area contributed by atoms with Crippen molar-refractivity contribution < 1.29 is 4.79 Å². The van der Waals surface area contributed by atoms with Crippen molar-refractivity contribution in [3.05, 3.63) is 34.9 Å². The van der Waals surface area contributed by atoms with E-state index in [-0.39, 0.29) is 11.9 Å². The third-order valence-corrected chi connectivity index (χ3v) is 4.05. The Kier molecular flexibility index (Phi) is 4.25. The Morgan fingerprint density at radius 2 is 2.22 bits per heavy atom. The van der Waals surface area contributed by atoms with E-state index in [0.29, 0.717) is 23.0 Å². The average molecular weight is 267 g/mol. The van der Waals surface area contributed by atoms with Crippen LogP contribution >= 0.6 is 11.6 Å². The monoisotopic (exact) mass is 266 g/mol. The lowest BCUT2D eigenvalue weighted by atomic mass is 9.90. The van der Waals surface area contributed by atoms with Crippen LogP contribution in [0.4, 0.5) is 0 Å². The van der Waals surface area contributed by atoms with Crippen molar-refractivity contribution in [2.24, 2.45) is 11.7 Å². The standard InChI is InChI=1S/C14H19ClN2O/c1-10-5-4-8-17(13(10)9-16)14(18)11-6-2-3-7-12(11)15/h2-3,6-7,10,13H,4-5,8-9,16H2,1H3/t10-,13-/m0/s1. The van der Waals surface area contributed by atoms with Gasteiger partial charge in [0.05, 0.1) is 10.6 Å². The van der Waals surface area contributed by atoms with Crippen LogP contribution in [0.2, 0.25) is 5.02 Å². The molecule has 2 rings (SSSR count). The first-order chi connectivity index (χ1) is 8.65. The summed E-state index contributed by atoms with van der Waals surface area (Å²) in [4.78, 5) is 14.4. The zero-order chi connectivity index (χ0) is 13.1. The van der Waals surface area contributed by atoms with Gasteiger partial charge < -0.3 is 10.6 Å². The average Bonchev–Trinajstić information content (AvgIpc) is 2.38. The predicted octanol–water partition coefficient (Wildman–Crippen LogP) is 2.54. The highest BCUT2D eigenvalue weighted by Crippen LogP contribution is 2.26. The first kappa shape index (κ1) is 13.4. The largest absolute Gasteiger partial charge is 0.334 e. The molecule has 2 N–H and O–H groups in total. The minimum Gasteiger partial charge on any atom is -0.334 e. The highest BCUT2D eigenvalue weighted by Gasteiger charge is 2.31. The summed E-state index contributed by atoms with van der Waals surface area (Å²) in [6, 6.07) is 7.32. The van der Waals surface area contributed by atoms with Gasteiger partial charge >= 0.3 is 0 Å². The lowest BCUT2D eigenvalue weighted by Crippen LogP contribution is -2.51. The van der Waals surface area contributed by atoms with Crippen LogP contribution in [0.15, 0.2) is 24.3 Å². The van der Waals surface area contributed by atoms with Crippen LogP contribution < -0.4 is 5.73 Å². The van der Waals surface area contributed by atoms with Crippen molar-refractivity contribution in [3.63, 3.8) is 0 Å². The number of piperidine rings is 1. The van der Waals surface area contributed by atoms with Gasteiger partial charge in [0.2, 0.25) is 0 Å². The van der Waals surface area contributed by atoms with E-state index < -0.39 is 0 Å². The Bertz CT molecular complexity index is 436. The summed E-state index contributed by atoms with van der Waals surface area (Å²) in [5.74, 6) is 0.456. The van der Waals surface area contributed by atoms with Crippen molar-refractivity contribution in [1.82, 2.24) is 4.90 Å². The minimum atomic E-state index is 0.00241. The Labute approximate surface area is 113 Å². The van der Waals surface area contributed by atoms with Crippen LogP contribution in [-0.2, 0) is 0 Å². The fourth-order valence-corrected chi connectivity index (χ4v) is 2.87. The summed E-state index contributed by atoms with van der Waals surface area (Å²) in [7, 11) is 0. The van der Waals surface area contributed by atoms with E-state index in [1.54, 1.807) is 12.1 Å². The zero-order valence-electron chi connectivity index (χ0n) is 10.6. The molecule has 0 spiro atoms. The Balaban J connectivity index is 2.25. The van der Waals surface area contributed by atoms with E-state index in [0.717, 1.165) is 19.4 Å². The number of amides is 1. The first-order valence-electron chi connectivity index (χ1n) is 6.40. The van der Waals surface area contributed by atoms with E-state index in [1.807, 2.05) is 17.0 Å². The Morgan fingerprint density at radius 1 is 1.50 bits per heavy atom. The van der Waals surface area contributed by atoms with Gasteiger partial charge in [0.1, 0.15) is 0 Å². The summed E-state index contributed by atoms with van der Waals surface area (Å²) in [6.45, 7) is 3.44. The van der Waals surface area contributed by atoms with Crippen molar-refractivity contribution in [2.45, 2.75) is 25.8 Å². The van der Waals surface area contributed by atoms with Crippen LogP contribution in [0.25, 0.3) is 0 Å². The molecule has 0 aromatic heterocycles. The lowest BCUT2D eigenvalue weighted by molar-refractivity contribution is 0.0533. The molecule has 1 aromatic rings. The van der Waals surface area contributed by atoms with Crippen molar-refractivity contribution in [2.75, 3.05) is 13.1 Å². The molecular formula is C14H19ClN2O. The van der Waals surface area contributed by atoms with Gasteiger partial charge in [-0.1, -0.05) is 30.7 Å². The summed E-state index contributed by atoms with van der Waals surface area (Å²) >= 11 is 6.09. The van der Waals surface area contributed by atoms with Gasteiger partial charge in [-0.05, 0) is 30.9 Å². The van der Waals surface area contributed by atoms with Crippen molar-refractivity contribution in [3.8, 4) is 0 Å². The molecule has 1 amide bonds. The molecule has 0 radical (unpaired) electrons. The molecule has 1 aliphatic rings. The fourth-order valence-electron chi connectivity index (χ4n) is 2.65. The number of carbonyl (C=O) groups is 1. The SMILES string of the molecule is C[C@H]1CCCN(C(=O)c2ccccc2Cl)[C@H]1CN. The second-order valence-electron chi connectivity index (χ2n) is 4.90. The fraction of sp³-hybridized carbons (Fsp3) is 0.500. The molecule has 98 valence electrons. The van der Waals surface area contributed by atoms with Gasteiger partial charge in [-0.25, -0.2) is 0 Å². The second kappa shape index (κ2) is 5.72. The van der Waals surface area contributed by atoms with Gasteiger partial charge in [-0.15, -0.1) is 0 Å². The summed E-state index contributed by atoms with van der Waals surface area (Å²) in [6.07, 6.45) is 2.17. The van der Waals surface area contributed by atoms with Crippen LogP contribution in [0, 0.1) is 5.92 Å². The highest BCUT2D eigenvalue weighted by atomic mass is 35.5. The molecular weight excluding hydrogens is 248 g/mol. The van der Waals surface area contributed by atoms with E-state index in [4.69, 9.17) is 17.3 Å². The topological polar surface area (TPSA) is 46.3 Å². The molecule has 2 atom stereocenters. The smallest absolute Gasteiger partial charge is 0.255 e. The normalized spacial score (nSPS) is 24.1. The van der Waals surface area contributed by atoms with Gasteiger partial charge in [0.25, 0.3) is 5.91 Å². The molecule has 1 heterocycles. The van der Waals surface area contributed by atoms with E-state index in [1.165, 1.54) is 0 Å². The molecule has 0 unspecified atom stereocenters. The number of nitrogens with zero attached hydrogens (tertiary/aromatic N) is 1. The number of hydrogen-bond acceptors (Lipinski definition) is 2. The predicted molar refractivity (Wildman–Crippen MR) is 73.7 cm³/mol. The number of halogens is 1. The van der Waals surface area contributed by atoms with Gasteiger partial charge in [0, 0.05) is 19.1 Å². The minimum absolute atomic E-state index is 0.00241. The van der Waals surface area contributed by atoms with Crippen molar-refractivity contribution in [1.29, 1.82) is 0 Å². The Hall–Kier alpha value is -1.06. The van der Waals surface area contributed by atoms with Crippen LogP contribution in [-0.4, -0.2) is 29.9 Å². The summed E-state index contributed by atoms with van der Waals surface area (Å²) < 4.78 is 0. The second-order valence-corrected chi connectivity index (χ2v) is 5.31. The molecule has 1 fully saturated rings. The number of carbonyl (C=O) groups excluding carboxylic acids is 1. The maximum Gasteiger partial charge on any atom is 0.255 e. The maximum absolute atomic E-state index is 12.5. The number of hydrogen-bond donors (Lipinski definition) is 1. The Morgan fingerprint density at radius 3 is 2.89 bits per heavy atom. The lowest BCUT2D eigenvalue weighted by Gasteiger charge is -2.39. The van der Waals surface area contributed by atoms with Gasteiger partial charge in [-0.2, -0.15) is 0 Å². The first-order valence-corrected chi connectivity index (χ1v) is 6.78. The van der Waals surface area contributed by atoms with Crippen LogP contribution in [0.1, 0.15) is 30.1 Å². The quantitative estimate of drug-likeness (QED) is 0.894. The molecule has 0 bridgehead atoms. The molecule has 3 nitrogen and oxygen atoms in total. The summed E-state index contributed by atoms with van der Waals surface area (Å²) in [5, 5.41) is 0.511. The molecule has 18 heavy (non-hydrogen) atoms. The van der Waals surface area contributed by atoms with Crippen LogP contribution in [0.5, 0.6) is 0 Å².